The largest absolute Gasteiger partial charge is 0.484 e. The Bertz CT molecular complexity index is 350. The number of nitrogen functional groups attached to an aromatic ring is 1. The lowest BCUT2D eigenvalue weighted by Crippen LogP contribution is -2.07. The molecule has 0 saturated carbocycles. The van der Waals surface area contributed by atoms with Gasteiger partial charge in [-0.3, -0.25) is 10.1 Å². The summed E-state index contributed by atoms with van der Waals surface area (Å²) in [5.41, 5.74) is 5.69. The number of hydrogen-bond donors (Lipinski definition) is 1. The van der Waals surface area contributed by atoms with Crippen LogP contribution in [0.1, 0.15) is 13.8 Å². The predicted molar refractivity (Wildman–Crippen MR) is 53.3 cm³/mol. The van der Waals surface area contributed by atoms with E-state index in [0.717, 1.165) is 0 Å². The van der Waals surface area contributed by atoms with Crippen molar-refractivity contribution in [2.24, 2.45) is 0 Å². The Kier molecular flexibility index (Phi) is 2.91. The SMILES string of the molecule is CC(C)Oc1ccc(N)cc1[N+](=O)[O-]. The minimum atomic E-state index is -0.506. The van der Waals surface area contributed by atoms with E-state index < -0.39 is 4.92 Å². The van der Waals surface area contributed by atoms with Gasteiger partial charge in [0.05, 0.1) is 11.0 Å². The third kappa shape index (κ3) is 2.35. The van der Waals surface area contributed by atoms with Gasteiger partial charge in [0.15, 0.2) is 5.75 Å². The highest BCUT2D eigenvalue weighted by atomic mass is 16.6. The van der Waals surface area contributed by atoms with Crippen molar-refractivity contribution < 1.29 is 9.66 Å². The summed E-state index contributed by atoms with van der Waals surface area (Å²) in [5, 5.41) is 10.6. The summed E-state index contributed by atoms with van der Waals surface area (Å²) < 4.78 is 5.26. The van der Waals surface area contributed by atoms with Crippen LogP contribution < -0.4 is 10.5 Å². The van der Waals surface area contributed by atoms with Crippen LogP contribution in [0.5, 0.6) is 5.75 Å². The third-order valence-electron chi connectivity index (χ3n) is 1.54. The van der Waals surface area contributed by atoms with E-state index in [1.54, 1.807) is 19.9 Å². The molecule has 1 aromatic rings. The molecule has 0 spiro atoms. The molecule has 0 bridgehead atoms. The van der Waals surface area contributed by atoms with Crippen molar-refractivity contribution in [2.75, 3.05) is 5.73 Å². The molecular formula is C9H12N2O3. The van der Waals surface area contributed by atoms with Gasteiger partial charge in [-0.2, -0.15) is 0 Å². The molecule has 76 valence electrons. The van der Waals surface area contributed by atoms with Crippen molar-refractivity contribution in [3.63, 3.8) is 0 Å². The quantitative estimate of drug-likeness (QED) is 0.455. The van der Waals surface area contributed by atoms with E-state index in [2.05, 4.69) is 0 Å². The van der Waals surface area contributed by atoms with Crippen molar-refractivity contribution in [1.82, 2.24) is 0 Å². The van der Waals surface area contributed by atoms with Crippen LogP contribution in [-0.2, 0) is 0 Å². The van der Waals surface area contributed by atoms with Crippen molar-refractivity contribution in [2.45, 2.75) is 20.0 Å². The highest BCUT2D eigenvalue weighted by Gasteiger charge is 2.15. The van der Waals surface area contributed by atoms with Gasteiger partial charge in [0.1, 0.15) is 0 Å². The Labute approximate surface area is 81.6 Å². The van der Waals surface area contributed by atoms with E-state index in [1.165, 1.54) is 12.1 Å². The van der Waals surface area contributed by atoms with Crippen LogP contribution in [0, 0.1) is 10.1 Å². The van der Waals surface area contributed by atoms with Gasteiger partial charge >= 0.3 is 5.69 Å². The van der Waals surface area contributed by atoms with Gasteiger partial charge in [-0.15, -0.1) is 0 Å². The summed E-state index contributed by atoms with van der Waals surface area (Å²) >= 11 is 0. The Morgan fingerprint density at radius 2 is 2.14 bits per heavy atom. The van der Waals surface area contributed by atoms with E-state index in [-0.39, 0.29) is 17.5 Å². The standard InChI is InChI=1S/C9H12N2O3/c1-6(2)14-9-4-3-7(10)5-8(9)11(12)13/h3-6H,10H2,1-2H3. The van der Waals surface area contributed by atoms with E-state index >= 15 is 0 Å². The molecule has 0 amide bonds. The number of nitrogens with zero attached hydrogens (tertiary/aromatic N) is 1. The molecule has 1 aromatic carbocycles. The molecule has 0 aliphatic heterocycles. The second-order valence-electron chi connectivity index (χ2n) is 3.15. The van der Waals surface area contributed by atoms with Crippen LogP contribution in [-0.4, -0.2) is 11.0 Å². The van der Waals surface area contributed by atoms with Crippen LogP contribution in [0.25, 0.3) is 0 Å². The van der Waals surface area contributed by atoms with E-state index in [1.807, 2.05) is 0 Å². The number of hydrogen-bond acceptors (Lipinski definition) is 4. The van der Waals surface area contributed by atoms with Gasteiger partial charge in [-0.1, -0.05) is 0 Å². The minimum absolute atomic E-state index is 0.0984. The fourth-order valence-electron chi connectivity index (χ4n) is 1.03. The van der Waals surface area contributed by atoms with Crippen LogP contribution >= 0.6 is 0 Å². The van der Waals surface area contributed by atoms with Crippen molar-refractivity contribution >= 4 is 11.4 Å². The molecule has 0 radical (unpaired) electrons. The van der Waals surface area contributed by atoms with E-state index in [9.17, 15) is 10.1 Å². The fraction of sp³-hybridized carbons (Fsp3) is 0.333. The predicted octanol–water partition coefficient (Wildman–Crippen LogP) is 1.96. The maximum absolute atomic E-state index is 10.6. The number of anilines is 1. The number of nitrogens with two attached hydrogens (primary N) is 1. The summed E-state index contributed by atoms with van der Waals surface area (Å²) in [7, 11) is 0. The van der Waals surface area contributed by atoms with Crippen molar-refractivity contribution in [1.29, 1.82) is 0 Å². The summed E-state index contributed by atoms with van der Waals surface area (Å²) in [6.45, 7) is 3.61. The molecule has 0 aliphatic rings. The molecule has 0 aliphatic carbocycles. The average Bonchev–Trinajstić information content (AvgIpc) is 2.07. The van der Waals surface area contributed by atoms with Crippen molar-refractivity contribution in [3.8, 4) is 5.75 Å². The minimum Gasteiger partial charge on any atom is -0.484 e. The number of benzene rings is 1. The smallest absolute Gasteiger partial charge is 0.312 e. The van der Waals surface area contributed by atoms with Gasteiger partial charge in [0, 0.05) is 11.8 Å². The summed E-state index contributed by atoms with van der Waals surface area (Å²) in [5.74, 6) is 0.249. The lowest BCUT2D eigenvalue weighted by molar-refractivity contribution is -0.386. The number of nitro groups is 1. The molecule has 5 nitrogen and oxygen atoms in total. The molecule has 14 heavy (non-hydrogen) atoms. The molecule has 1 rings (SSSR count). The maximum Gasteiger partial charge on any atom is 0.312 e. The highest BCUT2D eigenvalue weighted by Crippen LogP contribution is 2.29. The monoisotopic (exact) mass is 196 g/mol. The van der Waals surface area contributed by atoms with Gasteiger partial charge in [0.25, 0.3) is 0 Å². The maximum atomic E-state index is 10.6. The molecule has 0 heterocycles. The Morgan fingerprint density at radius 3 is 2.64 bits per heavy atom. The zero-order chi connectivity index (χ0) is 10.7. The Balaban J connectivity index is 3.08. The number of rotatable bonds is 3. The third-order valence-corrected chi connectivity index (χ3v) is 1.54. The summed E-state index contributed by atoms with van der Waals surface area (Å²) in [6, 6.07) is 4.37. The van der Waals surface area contributed by atoms with Crippen molar-refractivity contribution in [3.05, 3.63) is 28.3 Å². The molecule has 5 heteroatoms. The van der Waals surface area contributed by atoms with Crippen LogP contribution in [0.3, 0.4) is 0 Å². The normalized spacial score (nSPS) is 10.2. The lowest BCUT2D eigenvalue weighted by atomic mass is 10.2. The molecule has 0 atom stereocenters. The van der Waals surface area contributed by atoms with Gasteiger partial charge in [-0.25, -0.2) is 0 Å². The van der Waals surface area contributed by atoms with Gasteiger partial charge in [-0.05, 0) is 26.0 Å². The molecule has 0 fully saturated rings. The second kappa shape index (κ2) is 3.95. The molecule has 0 unspecified atom stereocenters. The van der Waals surface area contributed by atoms with Crippen LogP contribution in [0.4, 0.5) is 11.4 Å². The second-order valence-corrected chi connectivity index (χ2v) is 3.15. The Morgan fingerprint density at radius 1 is 1.50 bits per heavy atom. The summed E-state index contributed by atoms with van der Waals surface area (Å²) in [4.78, 5) is 10.1. The summed E-state index contributed by atoms with van der Waals surface area (Å²) in [6.07, 6.45) is -0.0997. The van der Waals surface area contributed by atoms with Gasteiger partial charge in [0.2, 0.25) is 0 Å². The first-order valence-electron chi connectivity index (χ1n) is 4.21. The van der Waals surface area contributed by atoms with Crippen LogP contribution in [0.15, 0.2) is 18.2 Å². The zero-order valence-corrected chi connectivity index (χ0v) is 8.06. The average molecular weight is 196 g/mol. The van der Waals surface area contributed by atoms with Crippen LogP contribution in [0.2, 0.25) is 0 Å². The first-order valence-corrected chi connectivity index (χ1v) is 4.21. The lowest BCUT2D eigenvalue weighted by Gasteiger charge is -2.09. The van der Waals surface area contributed by atoms with E-state index in [4.69, 9.17) is 10.5 Å². The molecule has 0 aromatic heterocycles. The number of ether oxygens (including phenoxy) is 1. The number of nitro benzene ring substituents is 1. The fourth-order valence-corrected chi connectivity index (χ4v) is 1.03. The molecule has 2 N–H and O–H groups in total. The Hall–Kier alpha value is -1.78. The molecular weight excluding hydrogens is 184 g/mol. The van der Waals surface area contributed by atoms with Gasteiger partial charge < -0.3 is 10.5 Å². The topological polar surface area (TPSA) is 78.4 Å². The first kappa shape index (κ1) is 10.3. The zero-order valence-electron chi connectivity index (χ0n) is 8.06. The first-order chi connectivity index (χ1) is 6.50. The van der Waals surface area contributed by atoms with E-state index in [0.29, 0.717) is 5.69 Å². The molecule has 0 saturated heterocycles. The highest BCUT2D eigenvalue weighted by molar-refractivity contribution is 5.56.